The highest BCUT2D eigenvalue weighted by molar-refractivity contribution is 5.95. The lowest BCUT2D eigenvalue weighted by Crippen LogP contribution is -2.50. The van der Waals surface area contributed by atoms with Crippen molar-refractivity contribution in [2.24, 2.45) is 17.0 Å². The minimum atomic E-state index is -0.845. The molecule has 0 saturated heterocycles. The van der Waals surface area contributed by atoms with Crippen molar-refractivity contribution in [3.05, 3.63) is 0 Å². The molecule has 24 heavy (non-hydrogen) atoms. The summed E-state index contributed by atoms with van der Waals surface area (Å²) < 4.78 is 10.4. The molecule has 1 N–H and O–H groups in total. The molecule has 0 aliphatic carbocycles. The van der Waals surface area contributed by atoms with Gasteiger partial charge in [-0.05, 0) is 40.0 Å². The van der Waals surface area contributed by atoms with E-state index < -0.39 is 23.8 Å². The Bertz CT molecular complexity index is 482. The number of hydrogen-bond donors (Lipinski definition) is 1. The molecule has 0 aromatic rings. The van der Waals surface area contributed by atoms with E-state index in [1.165, 1.54) is 0 Å². The molecule has 1 heterocycles. The fourth-order valence-corrected chi connectivity index (χ4v) is 2.63. The van der Waals surface area contributed by atoms with Crippen LogP contribution in [0, 0.1) is 11.8 Å². The Labute approximate surface area is 144 Å². The molecule has 0 fully saturated rings. The third kappa shape index (κ3) is 5.39. The Kier molecular flexibility index (Phi) is 7.05. The van der Waals surface area contributed by atoms with E-state index in [4.69, 9.17) is 14.3 Å². The topological polar surface area (TPSA) is 86.2 Å². The smallest absolute Gasteiger partial charge is 0.407 e. The van der Waals surface area contributed by atoms with E-state index in [0.717, 1.165) is 5.71 Å². The molecule has 0 radical (unpaired) electrons. The van der Waals surface area contributed by atoms with Gasteiger partial charge in [-0.15, -0.1) is 0 Å². The van der Waals surface area contributed by atoms with Crippen LogP contribution in [-0.2, 0) is 19.1 Å². The van der Waals surface area contributed by atoms with Gasteiger partial charge in [0.15, 0.2) is 0 Å². The number of alkyl carbamates (subject to hydrolysis) is 1. The van der Waals surface area contributed by atoms with Crippen LogP contribution in [0.4, 0.5) is 4.79 Å². The lowest BCUT2D eigenvalue weighted by molar-refractivity contribution is -0.157. The average Bonchev–Trinajstić information content (AvgIpc) is 2.88. The number of amides is 1. The molecule has 0 spiro atoms. The summed E-state index contributed by atoms with van der Waals surface area (Å²) in [6, 6.07) is -0.335. The highest BCUT2D eigenvalue weighted by Crippen LogP contribution is 2.29. The molecule has 0 aromatic carbocycles. The normalized spacial score (nSPS) is 21.8. The Hall–Kier alpha value is -1.79. The molecule has 1 amide bonds. The van der Waals surface area contributed by atoms with Crippen molar-refractivity contribution in [3.63, 3.8) is 0 Å². The third-order valence-corrected chi connectivity index (χ3v) is 3.63. The van der Waals surface area contributed by atoms with E-state index in [0.29, 0.717) is 6.42 Å². The van der Waals surface area contributed by atoms with E-state index in [1.54, 1.807) is 27.7 Å². The van der Waals surface area contributed by atoms with Crippen LogP contribution in [-0.4, -0.2) is 42.1 Å². The molecule has 0 saturated carbocycles. The van der Waals surface area contributed by atoms with E-state index >= 15 is 0 Å². The largest absolute Gasteiger partial charge is 0.463 e. The Morgan fingerprint density at radius 3 is 2.38 bits per heavy atom. The van der Waals surface area contributed by atoms with Crippen LogP contribution in [0.25, 0.3) is 0 Å². The number of carbonyl (C=O) groups excluding carboxylic acids is 2. The number of oxime groups is 1. The molecule has 138 valence electrons. The molecule has 3 unspecified atom stereocenters. The van der Waals surface area contributed by atoms with Crippen molar-refractivity contribution < 1.29 is 23.9 Å². The zero-order valence-electron chi connectivity index (χ0n) is 15.7. The first kappa shape index (κ1) is 20.3. The van der Waals surface area contributed by atoms with Crippen LogP contribution in [0.15, 0.2) is 5.16 Å². The maximum Gasteiger partial charge on any atom is 0.407 e. The highest BCUT2D eigenvalue weighted by atomic mass is 16.7. The minimum absolute atomic E-state index is 0.0870. The molecule has 7 heteroatoms. The van der Waals surface area contributed by atoms with Crippen molar-refractivity contribution >= 4 is 17.8 Å². The second-order valence-corrected chi connectivity index (χ2v) is 7.14. The quantitative estimate of drug-likeness (QED) is 0.750. The first-order chi connectivity index (χ1) is 11.1. The van der Waals surface area contributed by atoms with Crippen molar-refractivity contribution in [2.45, 2.75) is 72.6 Å². The van der Waals surface area contributed by atoms with Gasteiger partial charge in [-0.1, -0.05) is 25.9 Å². The number of rotatable bonds is 6. The van der Waals surface area contributed by atoms with Crippen molar-refractivity contribution in [2.75, 3.05) is 6.61 Å². The molecule has 7 nitrogen and oxygen atoms in total. The predicted molar refractivity (Wildman–Crippen MR) is 90.7 cm³/mol. The van der Waals surface area contributed by atoms with Crippen LogP contribution in [0.1, 0.15) is 54.9 Å². The zero-order valence-corrected chi connectivity index (χ0v) is 15.7. The van der Waals surface area contributed by atoms with Crippen LogP contribution >= 0.6 is 0 Å². The van der Waals surface area contributed by atoms with Crippen molar-refractivity contribution in [3.8, 4) is 0 Å². The number of nitrogens with zero attached hydrogens (tertiary/aromatic N) is 1. The molecule has 1 aliphatic rings. The van der Waals surface area contributed by atoms with Crippen LogP contribution in [0.5, 0.6) is 0 Å². The van der Waals surface area contributed by atoms with Gasteiger partial charge in [0.25, 0.3) is 0 Å². The van der Waals surface area contributed by atoms with Crippen LogP contribution in [0.3, 0.4) is 0 Å². The zero-order chi connectivity index (χ0) is 18.5. The maximum atomic E-state index is 12.2. The van der Waals surface area contributed by atoms with Crippen LogP contribution in [0.2, 0.25) is 0 Å². The summed E-state index contributed by atoms with van der Waals surface area (Å²) in [7, 11) is 0. The monoisotopic (exact) mass is 342 g/mol. The van der Waals surface area contributed by atoms with Gasteiger partial charge in [-0.2, -0.15) is 0 Å². The molecule has 3 atom stereocenters. The van der Waals surface area contributed by atoms with Crippen LogP contribution < -0.4 is 5.32 Å². The average molecular weight is 342 g/mol. The first-order valence-electron chi connectivity index (χ1n) is 8.50. The summed E-state index contributed by atoms with van der Waals surface area (Å²) in [5.41, 5.74) is 0.153. The van der Waals surface area contributed by atoms with Gasteiger partial charge in [0.1, 0.15) is 5.60 Å². The number of esters is 1. The van der Waals surface area contributed by atoms with E-state index in [9.17, 15) is 9.59 Å². The summed E-state index contributed by atoms with van der Waals surface area (Å²) in [5, 5.41) is 6.92. The minimum Gasteiger partial charge on any atom is -0.463 e. The van der Waals surface area contributed by atoms with Crippen molar-refractivity contribution in [1.29, 1.82) is 0 Å². The van der Waals surface area contributed by atoms with E-state index in [-0.39, 0.29) is 24.5 Å². The maximum absolute atomic E-state index is 12.2. The molecular formula is C17H30N2O5. The third-order valence-electron chi connectivity index (χ3n) is 3.63. The molecule has 1 rings (SSSR count). The number of nitrogens with one attached hydrogen (secondary N) is 1. The fraction of sp³-hybridized carbons (Fsp3) is 0.824. The number of hydrogen-bond acceptors (Lipinski definition) is 6. The van der Waals surface area contributed by atoms with Gasteiger partial charge in [0.05, 0.1) is 18.2 Å². The molecule has 1 aliphatic heterocycles. The van der Waals surface area contributed by atoms with Gasteiger partial charge in [0.2, 0.25) is 6.10 Å². The summed E-state index contributed by atoms with van der Waals surface area (Å²) in [6.07, 6.45) is -0.760. The standard InChI is InChI=1S/C17H30N2O5/c1-8-11(18-16(21)23-17(5,6)7)12-13(10(3)4)19-24-14(12)15(20)22-9-2/h10-12,14H,8-9H2,1-7H3,(H,18,21). The number of ether oxygens (including phenoxy) is 2. The van der Waals surface area contributed by atoms with Gasteiger partial charge in [0, 0.05) is 6.04 Å². The molecular weight excluding hydrogens is 312 g/mol. The predicted octanol–water partition coefficient (Wildman–Crippen LogP) is 2.88. The lowest BCUT2D eigenvalue weighted by atomic mass is 9.83. The van der Waals surface area contributed by atoms with Crippen molar-refractivity contribution in [1.82, 2.24) is 5.32 Å². The summed E-state index contributed by atoms with van der Waals surface area (Å²) in [6.45, 7) is 13.3. The highest BCUT2D eigenvalue weighted by Gasteiger charge is 2.46. The second kappa shape index (κ2) is 8.35. The van der Waals surface area contributed by atoms with Gasteiger partial charge < -0.3 is 19.6 Å². The SMILES string of the molecule is CCOC(=O)C1ON=C(C(C)C)C1C(CC)NC(=O)OC(C)(C)C. The van der Waals surface area contributed by atoms with Gasteiger partial charge in [-0.25, -0.2) is 9.59 Å². The van der Waals surface area contributed by atoms with E-state index in [2.05, 4.69) is 10.5 Å². The lowest BCUT2D eigenvalue weighted by Gasteiger charge is -2.29. The number of carbonyl (C=O) groups is 2. The van der Waals surface area contributed by atoms with Gasteiger partial charge >= 0.3 is 12.1 Å². The molecule has 0 bridgehead atoms. The Morgan fingerprint density at radius 2 is 1.92 bits per heavy atom. The first-order valence-corrected chi connectivity index (χ1v) is 8.50. The molecule has 0 aromatic heterocycles. The van der Waals surface area contributed by atoms with E-state index in [1.807, 2.05) is 20.8 Å². The Morgan fingerprint density at radius 1 is 1.29 bits per heavy atom. The second-order valence-electron chi connectivity index (χ2n) is 7.14. The van der Waals surface area contributed by atoms with Gasteiger partial charge in [-0.3, -0.25) is 0 Å². The summed E-state index contributed by atoms with van der Waals surface area (Å²) in [5.74, 6) is -0.753. The Balaban J connectivity index is 2.96. The summed E-state index contributed by atoms with van der Waals surface area (Å²) in [4.78, 5) is 29.7. The summed E-state index contributed by atoms with van der Waals surface area (Å²) >= 11 is 0. The fourth-order valence-electron chi connectivity index (χ4n) is 2.63.